The third kappa shape index (κ3) is 5.64. The number of benzene rings is 2. The van der Waals surface area contributed by atoms with Crippen molar-refractivity contribution in [2.24, 2.45) is 0 Å². The van der Waals surface area contributed by atoms with Crippen molar-refractivity contribution in [1.29, 1.82) is 0 Å². The predicted octanol–water partition coefficient (Wildman–Crippen LogP) is 4.02. The van der Waals surface area contributed by atoms with Gasteiger partial charge in [0.15, 0.2) is 0 Å². The quantitative estimate of drug-likeness (QED) is 0.358. The maximum absolute atomic E-state index is 13.1. The number of piperidine rings is 1. The van der Waals surface area contributed by atoms with Gasteiger partial charge in [-0.15, -0.1) is 0 Å². The van der Waals surface area contributed by atoms with Gasteiger partial charge in [-0.05, 0) is 36.7 Å². The lowest BCUT2D eigenvalue weighted by Gasteiger charge is -2.31. The van der Waals surface area contributed by atoms with Gasteiger partial charge in [0.1, 0.15) is 16.5 Å². The van der Waals surface area contributed by atoms with Crippen molar-refractivity contribution in [2.75, 3.05) is 39.7 Å². The standard InChI is InChI=1S/C27H28Cl2N6O5/c1-35-13-14-5-4-6-20(23(14)26(35)37)40-25-17(29)11-31-27(34-25)33-19-10-16(28)15(9-21(19)38-2)24(36)32-18-7-8-30-12-22(18)39-3/h4-6,9-11,18,22,30H,7-8,12-13H2,1-3H3,(H,32,36)(H,31,33,34)/t18-,22+/m1/s1. The summed E-state index contributed by atoms with van der Waals surface area (Å²) in [6.07, 6.45) is 1.96. The summed E-state index contributed by atoms with van der Waals surface area (Å²) < 4.78 is 17.0. The van der Waals surface area contributed by atoms with E-state index in [0.717, 1.165) is 18.5 Å². The van der Waals surface area contributed by atoms with Gasteiger partial charge in [-0.3, -0.25) is 9.59 Å². The van der Waals surface area contributed by atoms with E-state index in [9.17, 15) is 9.59 Å². The molecule has 0 bridgehead atoms. The summed E-state index contributed by atoms with van der Waals surface area (Å²) >= 11 is 12.9. The number of amides is 2. The van der Waals surface area contributed by atoms with Gasteiger partial charge in [-0.25, -0.2) is 4.98 Å². The molecule has 1 aromatic heterocycles. The highest BCUT2D eigenvalue weighted by Gasteiger charge is 2.29. The van der Waals surface area contributed by atoms with Gasteiger partial charge in [-0.2, -0.15) is 4.98 Å². The van der Waals surface area contributed by atoms with Gasteiger partial charge in [0, 0.05) is 27.2 Å². The molecule has 0 spiro atoms. The van der Waals surface area contributed by atoms with Crippen LogP contribution in [0.5, 0.6) is 17.4 Å². The lowest BCUT2D eigenvalue weighted by molar-refractivity contribution is 0.0476. The first-order valence-electron chi connectivity index (χ1n) is 12.6. The van der Waals surface area contributed by atoms with Crippen molar-refractivity contribution in [3.05, 3.63) is 63.3 Å². The molecule has 3 N–H and O–H groups in total. The van der Waals surface area contributed by atoms with E-state index in [1.165, 1.54) is 13.3 Å². The number of halogens is 2. The Bertz CT molecular complexity index is 1460. The van der Waals surface area contributed by atoms with Crippen molar-refractivity contribution in [1.82, 2.24) is 25.5 Å². The van der Waals surface area contributed by atoms with Crippen LogP contribution < -0.4 is 25.4 Å². The summed E-state index contributed by atoms with van der Waals surface area (Å²) in [5, 5.41) is 9.67. The van der Waals surface area contributed by atoms with E-state index in [4.69, 9.17) is 37.4 Å². The van der Waals surface area contributed by atoms with E-state index in [-0.39, 0.29) is 51.4 Å². The Kier molecular flexibility index (Phi) is 8.27. The van der Waals surface area contributed by atoms with Crippen LogP contribution in [0.15, 0.2) is 36.5 Å². The van der Waals surface area contributed by atoms with Crippen LogP contribution in [0, 0.1) is 0 Å². The lowest BCUT2D eigenvalue weighted by Crippen LogP contribution is -2.53. The van der Waals surface area contributed by atoms with Crippen LogP contribution in [0.1, 0.15) is 32.7 Å². The summed E-state index contributed by atoms with van der Waals surface area (Å²) in [6, 6.07) is 8.32. The number of hydrogen-bond donors (Lipinski definition) is 3. The number of rotatable bonds is 8. The number of aromatic nitrogens is 2. The molecular weight excluding hydrogens is 559 g/mol. The zero-order chi connectivity index (χ0) is 28.4. The Balaban J connectivity index is 1.37. The molecule has 5 rings (SSSR count). The number of nitrogens with zero attached hydrogens (tertiary/aromatic N) is 3. The van der Waals surface area contributed by atoms with E-state index in [0.29, 0.717) is 35.8 Å². The first-order chi connectivity index (χ1) is 19.3. The molecule has 2 aliphatic rings. The number of hydrogen-bond acceptors (Lipinski definition) is 9. The van der Waals surface area contributed by atoms with E-state index >= 15 is 0 Å². The zero-order valence-corrected chi connectivity index (χ0v) is 23.6. The summed E-state index contributed by atoms with van der Waals surface area (Å²) in [4.78, 5) is 35.9. The molecule has 2 aromatic carbocycles. The van der Waals surface area contributed by atoms with Gasteiger partial charge >= 0.3 is 0 Å². The third-order valence-electron chi connectivity index (χ3n) is 6.83. The largest absolute Gasteiger partial charge is 0.495 e. The summed E-state index contributed by atoms with van der Waals surface area (Å²) in [6.45, 7) is 1.92. The summed E-state index contributed by atoms with van der Waals surface area (Å²) in [5.41, 5.74) is 2.00. The van der Waals surface area contributed by atoms with Crippen molar-refractivity contribution in [3.8, 4) is 17.4 Å². The molecule has 0 aliphatic carbocycles. The molecule has 210 valence electrons. The average molecular weight is 587 g/mol. The number of nitrogens with one attached hydrogen (secondary N) is 3. The molecule has 40 heavy (non-hydrogen) atoms. The van der Waals surface area contributed by atoms with Crippen LogP contribution in [0.2, 0.25) is 10.0 Å². The molecule has 1 saturated heterocycles. The Morgan fingerprint density at radius 3 is 2.77 bits per heavy atom. The van der Waals surface area contributed by atoms with Crippen molar-refractivity contribution < 1.29 is 23.8 Å². The van der Waals surface area contributed by atoms with Crippen LogP contribution >= 0.6 is 23.2 Å². The van der Waals surface area contributed by atoms with Crippen molar-refractivity contribution in [3.63, 3.8) is 0 Å². The minimum Gasteiger partial charge on any atom is -0.495 e. The molecule has 1 fully saturated rings. The van der Waals surface area contributed by atoms with Gasteiger partial charge in [0.2, 0.25) is 11.8 Å². The number of methoxy groups -OCH3 is 2. The Morgan fingerprint density at radius 1 is 1.18 bits per heavy atom. The molecule has 2 aliphatic heterocycles. The first-order valence-corrected chi connectivity index (χ1v) is 13.3. The molecule has 2 amide bonds. The smallest absolute Gasteiger partial charge is 0.258 e. The van der Waals surface area contributed by atoms with Gasteiger partial charge in [-0.1, -0.05) is 35.3 Å². The minimum atomic E-state index is -0.335. The van der Waals surface area contributed by atoms with Crippen LogP contribution in [0.4, 0.5) is 11.6 Å². The monoisotopic (exact) mass is 586 g/mol. The maximum Gasteiger partial charge on any atom is 0.258 e. The molecule has 2 atom stereocenters. The van der Waals surface area contributed by atoms with Crippen LogP contribution in [0.25, 0.3) is 0 Å². The highest BCUT2D eigenvalue weighted by Crippen LogP contribution is 2.37. The van der Waals surface area contributed by atoms with E-state index in [1.807, 2.05) is 6.07 Å². The molecule has 3 heterocycles. The van der Waals surface area contributed by atoms with Crippen molar-refractivity contribution >= 4 is 46.7 Å². The highest BCUT2D eigenvalue weighted by molar-refractivity contribution is 6.34. The fourth-order valence-electron chi connectivity index (χ4n) is 4.75. The summed E-state index contributed by atoms with van der Waals surface area (Å²) in [7, 11) is 4.82. The molecule has 3 aromatic rings. The molecule has 11 nitrogen and oxygen atoms in total. The molecule has 0 radical (unpaired) electrons. The third-order valence-corrected chi connectivity index (χ3v) is 7.40. The average Bonchev–Trinajstić information content (AvgIpc) is 3.24. The lowest BCUT2D eigenvalue weighted by atomic mass is 10.0. The van der Waals surface area contributed by atoms with E-state index in [2.05, 4.69) is 25.9 Å². The maximum atomic E-state index is 13.1. The second kappa shape index (κ2) is 11.8. The van der Waals surface area contributed by atoms with Gasteiger partial charge in [0.25, 0.3) is 11.8 Å². The summed E-state index contributed by atoms with van der Waals surface area (Å²) in [5.74, 6) is 0.413. The zero-order valence-electron chi connectivity index (χ0n) is 22.1. The van der Waals surface area contributed by atoms with Crippen LogP contribution in [-0.4, -0.2) is 73.2 Å². The number of fused-ring (bicyclic) bond motifs is 1. The Hall–Kier alpha value is -3.64. The number of carbonyl (C=O) groups excluding carboxylic acids is 2. The molecular formula is C27H28Cl2N6O5. The fraction of sp³-hybridized carbons (Fsp3) is 0.333. The second-order valence-corrected chi connectivity index (χ2v) is 10.2. The topological polar surface area (TPSA) is 127 Å². The van der Waals surface area contributed by atoms with Crippen LogP contribution in [-0.2, 0) is 11.3 Å². The Labute approximate surface area is 241 Å². The molecule has 0 unspecified atom stereocenters. The van der Waals surface area contributed by atoms with E-state index in [1.54, 1.807) is 43.3 Å². The van der Waals surface area contributed by atoms with Gasteiger partial charge in [0.05, 0.1) is 47.3 Å². The molecule has 0 saturated carbocycles. The van der Waals surface area contributed by atoms with Gasteiger partial charge < -0.3 is 35.1 Å². The number of carbonyl (C=O) groups is 2. The number of ether oxygens (including phenoxy) is 3. The Morgan fingerprint density at radius 2 is 2.00 bits per heavy atom. The first kappa shape index (κ1) is 27.9. The van der Waals surface area contributed by atoms with Crippen molar-refractivity contribution in [2.45, 2.75) is 25.1 Å². The molecule has 13 heteroatoms. The number of anilines is 2. The SMILES string of the molecule is COc1cc(C(=O)N[C@@H]2CCNC[C@@H]2OC)c(Cl)cc1Nc1ncc(Cl)c(Oc2cccc3c2C(=O)N(C)C3)n1. The normalized spacial score (nSPS) is 18.3. The predicted molar refractivity (Wildman–Crippen MR) is 150 cm³/mol. The second-order valence-electron chi connectivity index (χ2n) is 9.40. The van der Waals surface area contributed by atoms with E-state index < -0.39 is 0 Å². The minimum absolute atomic E-state index is 0.0608. The highest BCUT2D eigenvalue weighted by atomic mass is 35.5. The van der Waals surface area contributed by atoms with Crippen LogP contribution in [0.3, 0.4) is 0 Å². The fourth-order valence-corrected chi connectivity index (χ4v) is 5.12.